The van der Waals surface area contributed by atoms with Crippen molar-refractivity contribution < 1.29 is 23.4 Å². The summed E-state index contributed by atoms with van der Waals surface area (Å²) in [5.41, 5.74) is 0.557. The summed E-state index contributed by atoms with van der Waals surface area (Å²) >= 11 is 0. The first-order chi connectivity index (χ1) is 13.7. The highest BCUT2D eigenvalue weighted by Crippen LogP contribution is 2.39. The molecule has 1 saturated carbocycles. The molecule has 2 fully saturated rings. The van der Waals surface area contributed by atoms with Gasteiger partial charge in [-0.2, -0.15) is 0 Å². The van der Waals surface area contributed by atoms with Crippen LogP contribution in [0.3, 0.4) is 0 Å². The van der Waals surface area contributed by atoms with Gasteiger partial charge in [-0.15, -0.1) is 0 Å². The molecule has 2 atom stereocenters. The van der Waals surface area contributed by atoms with Gasteiger partial charge in [0.05, 0.1) is 0 Å². The number of benzene rings is 1. The van der Waals surface area contributed by atoms with Gasteiger partial charge in [0, 0.05) is 24.6 Å². The third-order valence-corrected chi connectivity index (χ3v) is 6.91. The van der Waals surface area contributed by atoms with Crippen LogP contribution in [-0.2, 0) is 11.2 Å². The van der Waals surface area contributed by atoms with Gasteiger partial charge in [0.2, 0.25) is 0 Å². The summed E-state index contributed by atoms with van der Waals surface area (Å²) in [6, 6.07) is 1.61. The van der Waals surface area contributed by atoms with E-state index < -0.39 is 29.7 Å². The van der Waals surface area contributed by atoms with Crippen molar-refractivity contribution in [2.24, 2.45) is 5.92 Å². The number of rotatable bonds is 7. The Bertz CT molecular complexity index is 733. The second-order valence-electron chi connectivity index (χ2n) is 8.77. The first-order valence-corrected chi connectivity index (χ1v) is 10.5. The fraction of sp³-hybridized carbons (Fsp3) is 0.682. The SMILES string of the molecule is CCC1(N(C)C)CCC(Cc2cc(F)cc(O[C@@H]3CN[C@H](C(=O)O)C3)c2F)CC1. The second kappa shape index (κ2) is 8.96. The molecule has 3 rings (SSSR count). The summed E-state index contributed by atoms with van der Waals surface area (Å²) in [4.78, 5) is 13.4. The number of carbonyl (C=O) groups is 1. The van der Waals surface area contributed by atoms with E-state index in [-0.39, 0.29) is 17.7 Å². The minimum atomic E-state index is -0.963. The molecular weight excluding hydrogens is 378 g/mol. The van der Waals surface area contributed by atoms with Crippen molar-refractivity contribution in [1.29, 1.82) is 0 Å². The molecule has 0 aromatic heterocycles. The highest BCUT2D eigenvalue weighted by molar-refractivity contribution is 5.73. The Labute approximate surface area is 171 Å². The number of halogens is 2. The van der Waals surface area contributed by atoms with E-state index in [1.165, 1.54) is 6.07 Å². The summed E-state index contributed by atoms with van der Waals surface area (Å²) in [5, 5.41) is 11.9. The van der Waals surface area contributed by atoms with Gasteiger partial charge in [-0.05, 0) is 70.2 Å². The maximum atomic E-state index is 15.0. The number of aliphatic carboxylic acids is 1. The summed E-state index contributed by atoms with van der Waals surface area (Å²) in [6.45, 7) is 2.51. The van der Waals surface area contributed by atoms with Gasteiger partial charge in [-0.3, -0.25) is 4.79 Å². The van der Waals surface area contributed by atoms with Crippen molar-refractivity contribution in [3.8, 4) is 5.75 Å². The van der Waals surface area contributed by atoms with Crippen molar-refractivity contribution in [2.45, 2.75) is 69.6 Å². The number of hydrogen-bond donors (Lipinski definition) is 2. The van der Waals surface area contributed by atoms with Crippen molar-refractivity contribution in [2.75, 3.05) is 20.6 Å². The highest BCUT2D eigenvalue weighted by atomic mass is 19.1. The molecule has 0 radical (unpaired) electrons. The third-order valence-electron chi connectivity index (χ3n) is 6.91. The molecule has 1 aromatic rings. The minimum absolute atomic E-state index is 0.121. The van der Waals surface area contributed by atoms with Crippen LogP contribution < -0.4 is 10.1 Å². The second-order valence-corrected chi connectivity index (χ2v) is 8.77. The molecule has 2 aliphatic rings. The summed E-state index contributed by atoms with van der Waals surface area (Å²) in [5.74, 6) is -1.81. The Morgan fingerprint density at radius 2 is 2.00 bits per heavy atom. The standard InChI is InChI=1S/C22H32F2N2O3/c1-4-22(26(2)3)7-5-14(6-8-22)9-15-10-16(23)11-19(20(15)24)29-17-12-18(21(27)28)25-13-17/h10-11,14,17-18,25H,4-9,12-13H2,1-3H3,(H,27,28)/t14?,17-,18-,22?/m0/s1. The Morgan fingerprint density at radius 1 is 1.31 bits per heavy atom. The van der Waals surface area contributed by atoms with Crippen LogP contribution >= 0.6 is 0 Å². The van der Waals surface area contributed by atoms with Crippen molar-refractivity contribution in [1.82, 2.24) is 10.2 Å². The first kappa shape index (κ1) is 22.0. The molecule has 162 valence electrons. The van der Waals surface area contributed by atoms with Gasteiger partial charge in [0.1, 0.15) is 18.0 Å². The van der Waals surface area contributed by atoms with Gasteiger partial charge in [0.25, 0.3) is 0 Å². The number of nitrogens with one attached hydrogen (secondary N) is 1. The summed E-state index contributed by atoms with van der Waals surface area (Å²) < 4.78 is 34.8. The zero-order valence-corrected chi connectivity index (χ0v) is 17.5. The average Bonchev–Trinajstić information content (AvgIpc) is 3.15. The molecule has 0 spiro atoms. The Kier molecular flexibility index (Phi) is 6.79. The zero-order chi connectivity index (χ0) is 21.2. The van der Waals surface area contributed by atoms with E-state index in [4.69, 9.17) is 9.84 Å². The predicted octanol–water partition coefficient (Wildman–Crippen LogP) is 3.60. The zero-order valence-electron chi connectivity index (χ0n) is 17.5. The average molecular weight is 411 g/mol. The fourth-order valence-electron chi connectivity index (χ4n) is 4.86. The smallest absolute Gasteiger partial charge is 0.320 e. The van der Waals surface area contributed by atoms with Gasteiger partial charge >= 0.3 is 5.97 Å². The van der Waals surface area contributed by atoms with Crippen molar-refractivity contribution in [3.05, 3.63) is 29.3 Å². The Hall–Kier alpha value is -1.73. The molecule has 1 aliphatic heterocycles. The van der Waals surface area contributed by atoms with Gasteiger partial charge in [-0.25, -0.2) is 8.78 Å². The van der Waals surface area contributed by atoms with E-state index in [1.54, 1.807) is 0 Å². The molecule has 1 heterocycles. The number of ether oxygens (including phenoxy) is 1. The third kappa shape index (κ3) is 4.89. The number of hydrogen-bond acceptors (Lipinski definition) is 4. The van der Waals surface area contributed by atoms with E-state index in [9.17, 15) is 9.18 Å². The largest absolute Gasteiger partial charge is 0.486 e. The number of carboxylic acids is 1. The molecule has 7 heteroatoms. The molecule has 5 nitrogen and oxygen atoms in total. The number of carboxylic acid groups (broad SMARTS) is 1. The normalized spacial score (nSPS) is 29.9. The van der Waals surface area contributed by atoms with E-state index in [0.29, 0.717) is 24.4 Å². The fourth-order valence-corrected chi connectivity index (χ4v) is 4.86. The van der Waals surface area contributed by atoms with Crippen LogP contribution in [0.1, 0.15) is 51.0 Å². The maximum absolute atomic E-state index is 15.0. The highest BCUT2D eigenvalue weighted by Gasteiger charge is 2.36. The van der Waals surface area contributed by atoms with Gasteiger partial charge < -0.3 is 20.1 Å². The molecule has 0 unspecified atom stereocenters. The van der Waals surface area contributed by atoms with Crippen LogP contribution in [0.5, 0.6) is 5.75 Å². The molecule has 2 N–H and O–H groups in total. The quantitative estimate of drug-likeness (QED) is 0.719. The van der Waals surface area contributed by atoms with E-state index >= 15 is 4.39 Å². The lowest BCUT2D eigenvalue weighted by Crippen LogP contribution is -2.46. The summed E-state index contributed by atoms with van der Waals surface area (Å²) in [6.07, 6.45) is 5.43. The lowest BCUT2D eigenvalue weighted by Gasteiger charge is -2.44. The van der Waals surface area contributed by atoms with Gasteiger partial charge in [0.15, 0.2) is 11.6 Å². The summed E-state index contributed by atoms with van der Waals surface area (Å²) in [7, 11) is 4.24. The minimum Gasteiger partial charge on any atom is -0.486 e. The first-order valence-electron chi connectivity index (χ1n) is 10.5. The van der Waals surface area contributed by atoms with Crippen LogP contribution in [0.15, 0.2) is 12.1 Å². The van der Waals surface area contributed by atoms with Crippen LogP contribution in [0, 0.1) is 17.6 Å². The molecule has 0 bridgehead atoms. The number of nitrogens with zero attached hydrogens (tertiary/aromatic N) is 1. The van der Waals surface area contributed by atoms with Gasteiger partial charge in [-0.1, -0.05) is 6.92 Å². The molecule has 29 heavy (non-hydrogen) atoms. The topological polar surface area (TPSA) is 61.8 Å². The van der Waals surface area contributed by atoms with Crippen LogP contribution in [-0.4, -0.2) is 54.3 Å². The monoisotopic (exact) mass is 410 g/mol. The van der Waals surface area contributed by atoms with Crippen LogP contribution in [0.4, 0.5) is 8.78 Å². The predicted molar refractivity (Wildman–Crippen MR) is 107 cm³/mol. The van der Waals surface area contributed by atoms with Crippen LogP contribution in [0.25, 0.3) is 0 Å². The molecular formula is C22H32F2N2O3. The lowest BCUT2D eigenvalue weighted by molar-refractivity contribution is -0.139. The Balaban J connectivity index is 1.66. The van der Waals surface area contributed by atoms with E-state index in [1.807, 2.05) is 0 Å². The lowest BCUT2D eigenvalue weighted by atomic mass is 9.72. The van der Waals surface area contributed by atoms with Crippen molar-refractivity contribution in [3.63, 3.8) is 0 Å². The molecule has 1 saturated heterocycles. The van der Waals surface area contributed by atoms with Crippen LogP contribution in [0.2, 0.25) is 0 Å². The molecule has 0 amide bonds. The molecule has 1 aromatic carbocycles. The Morgan fingerprint density at radius 3 is 2.55 bits per heavy atom. The van der Waals surface area contributed by atoms with E-state index in [2.05, 4.69) is 31.2 Å². The maximum Gasteiger partial charge on any atom is 0.320 e. The van der Waals surface area contributed by atoms with Crippen molar-refractivity contribution >= 4 is 5.97 Å². The molecule has 1 aliphatic carbocycles. The van der Waals surface area contributed by atoms with E-state index in [0.717, 1.165) is 38.2 Å².